The van der Waals surface area contributed by atoms with Crippen LogP contribution in [0.5, 0.6) is 0 Å². The first-order valence-corrected chi connectivity index (χ1v) is 4.85. The van der Waals surface area contributed by atoms with Gasteiger partial charge in [0.05, 0.1) is 0 Å². The zero-order valence-electron chi connectivity index (χ0n) is 8.66. The van der Waals surface area contributed by atoms with Crippen molar-refractivity contribution in [3.05, 3.63) is 0 Å². The zero-order chi connectivity index (χ0) is 12.5. The van der Waals surface area contributed by atoms with Crippen molar-refractivity contribution < 1.29 is 19.5 Å². The Bertz CT molecular complexity index is 383. The van der Waals surface area contributed by atoms with Gasteiger partial charge in [-0.05, 0) is 13.8 Å². The summed E-state index contributed by atoms with van der Waals surface area (Å²) < 4.78 is 0. The average molecular weight is 245 g/mol. The Hall–Kier alpha value is -1.54. The fourth-order valence-electron chi connectivity index (χ4n) is 1.29. The van der Waals surface area contributed by atoms with Crippen LogP contribution in [0.25, 0.3) is 0 Å². The first kappa shape index (κ1) is 12.5. The van der Waals surface area contributed by atoms with Gasteiger partial charge < -0.3 is 10.4 Å². The van der Waals surface area contributed by atoms with Crippen LogP contribution in [0.2, 0.25) is 0 Å². The van der Waals surface area contributed by atoms with Crippen LogP contribution in [0.1, 0.15) is 13.8 Å². The smallest absolute Gasteiger partial charge is 0.321 e. The summed E-state index contributed by atoms with van der Waals surface area (Å²) in [5.41, 5.74) is -1.62. The molecule has 1 aliphatic heterocycles. The SMILES string of the molecule is CC(=O)C1(N[C@@H](C)C(=O)O)NC(=O)NC1=S. The van der Waals surface area contributed by atoms with Crippen molar-refractivity contribution in [3.8, 4) is 0 Å². The number of nitrogens with one attached hydrogen (secondary N) is 3. The van der Waals surface area contributed by atoms with Crippen molar-refractivity contribution in [2.45, 2.75) is 25.6 Å². The van der Waals surface area contributed by atoms with Crippen molar-refractivity contribution in [2.24, 2.45) is 0 Å². The fraction of sp³-hybridized carbons (Fsp3) is 0.500. The maximum Gasteiger partial charge on any atom is 0.321 e. The molecule has 0 aromatic carbocycles. The Balaban J connectivity index is 2.99. The van der Waals surface area contributed by atoms with Crippen molar-refractivity contribution in [1.29, 1.82) is 0 Å². The van der Waals surface area contributed by atoms with E-state index in [0.717, 1.165) is 0 Å². The third-order valence-electron chi connectivity index (χ3n) is 2.20. The highest BCUT2D eigenvalue weighted by atomic mass is 32.1. The Morgan fingerprint density at radius 2 is 2.12 bits per heavy atom. The van der Waals surface area contributed by atoms with E-state index in [1.54, 1.807) is 0 Å². The molecule has 1 unspecified atom stereocenters. The van der Waals surface area contributed by atoms with Crippen LogP contribution in [0, 0.1) is 0 Å². The van der Waals surface area contributed by atoms with E-state index in [0.29, 0.717) is 0 Å². The van der Waals surface area contributed by atoms with Crippen LogP contribution in [0.3, 0.4) is 0 Å². The highest BCUT2D eigenvalue weighted by molar-refractivity contribution is 7.80. The van der Waals surface area contributed by atoms with E-state index in [2.05, 4.69) is 16.0 Å². The van der Waals surface area contributed by atoms with Crippen LogP contribution < -0.4 is 16.0 Å². The number of amides is 2. The van der Waals surface area contributed by atoms with Gasteiger partial charge in [0.1, 0.15) is 11.0 Å². The summed E-state index contributed by atoms with van der Waals surface area (Å²) in [7, 11) is 0. The lowest BCUT2D eigenvalue weighted by molar-refractivity contribution is -0.139. The van der Waals surface area contributed by atoms with E-state index >= 15 is 0 Å². The van der Waals surface area contributed by atoms with Crippen molar-refractivity contribution >= 4 is 35.0 Å². The van der Waals surface area contributed by atoms with Crippen LogP contribution in [-0.4, -0.2) is 39.6 Å². The van der Waals surface area contributed by atoms with E-state index in [1.807, 2.05) is 0 Å². The molecule has 0 saturated carbocycles. The second kappa shape index (κ2) is 4.14. The number of carbonyl (C=O) groups is 3. The highest BCUT2D eigenvalue weighted by Crippen LogP contribution is 2.11. The molecule has 4 N–H and O–H groups in total. The van der Waals surface area contributed by atoms with E-state index in [9.17, 15) is 14.4 Å². The Labute approximate surface area is 96.6 Å². The van der Waals surface area contributed by atoms with E-state index in [4.69, 9.17) is 17.3 Å². The fourth-order valence-corrected chi connectivity index (χ4v) is 1.64. The zero-order valence-corrected chi connectivity index (χ0v) is 9.47. The molecule has 2 amide bonds. The Morgan fingerprint density at radius 1 is 1.56 bits per heavy atom. The second-order valence-corrected chi connectivity index (χ2v) is 3.83. The number of rotatable bonds is 4. The minimum atomic E-state index is -1.62. The van der Waals surface area contributed by atoms with E-state index < -0.39 is 29.5 Å². The third kappa shape index (κ3) is 2.02. The molecule has 0 aromatic heterocycles. The summed E-state index contributed by atoms with van der Waals surface area (Å²) in [6, 6.07) is -1.66. The molecule has 1 aliphatic rings. The molecular weight excluding hydrogens is 234 g/mol. The molecule has 16 heavy (non-hydrogen) atoms. The lowest BCUT2D eigenvalue weighted by Gasteiger charge is -2.28. The molecule has 1 heterocycles. The van der Waals surface area contributed by atoms with Gasteiger partial charge >= 0.3 is 12.0 Å². The first-order chi connectivity index (χ1) is 7.29. The quantitative estimate of drug-likeness (QED) is 0.472. The number of carboxylic acid groups (broad SMARTS) is 1. The molecule has 0 spiro atoms. The summed E-state index contributed by atoms with van der Waals surface area (Å²) in [5, 5.41) is 15.8. The number of Topliss-reactive ketones (excluding diaryl/α,β-unsaturated/α-hetero) is 1. The molecule has 0 aliphatic carbocycles. The molecule has 2 atom stereocenters. The largest absolute Gasteiger partial charge is 0.480 e. The van der Waals surface area contributed by atoms with Gasteiger partial charge in [0.25, 0.3) is 0 Å². The van der Waals surface area contributed by atoms with Crippen molar-refractivity contribution in [3.63, 3.8) is 0 Å². The van der Waals surface area contributed by atoms with Gasteiger partial charge in [-0.1, -0.05) is 12.2 Å². The molecule has 0 radical (unpaired) electrons. The van der Waals surface area contributed by atoms with Gasteiger partial charge in [-0.3, -0.25) is 20.2 Å². The Kier molecular flexibility index (Phi) is 3.24. The van der Waals surface area contributed by atoms with Crippen LogP contribution in [0.4, 0.5) is 4.79 Å². The standard InChI is InChI=1S/C8H11N3O4S/c1-3(5(13)14)10-8(4(2)12)6(16)9-7(15)11-8/h3,10H,1-2H3,(H,13,14)(H2,9,11,15,16)/t3-,8?/m0/s1. The first-order valence-electron chi connectivity index (χ1n) is 4.44. The van der Waals surface area contributed by atoms with Crippen LogP contribution in [-0.2, 0) is 9.59 Å². The predicted octanol–water partition coefficient (Wildman–Crippen LogP) is -1.03. The van der Waals surface area contributed by atoms with E-state index in [1.165, 1.54) is 13.8 Å². The molecule has 1 saturated heterocycles. The summed E-state index contributed by atoms with van der Waals surface area (Å²) in [6.07, 6.45) is 0. The number of thiocarbonyl (C=S) groups is 1. The summed E-state index contributed by atoms with van der Waals surface area (Å²) in [5.74, 6) is -1.63. The summed E-state index contributed by atoms with van der Waals surface area (Å²) in [4.78, 5) is 33.2. The molecule has 7 nitrogen and oxygen atoms in total. The number of carbonyl (C=O) groups excluding carboxylic acids is 2. The van der Waals surface area contributed by atoms with Gasteiger partial charge in [-0.25, -0.2) is 4.79 Å². The molecule has 88 valence electrons. The number of carboxylic acids is 1. The van der Waals surface area contributed by atoms with Gasteiger partial charge in [-0.2, -0.15) is 0 Å². The second-order valence-electron chi connectivity index (χ2n) is 3.42. The number of aliphatic carboxylic acids is 1. The number of ketones is 1. The van der Waals surface area contributed by atoms with Crippen LogP contribution in [0.15, 0.2) is 0 Å². The minimum Gasteiger partial charge on any atom is -0.480 e. The molecule has 1 rings (SSSR count). The number of hydrogen-bond acceptors (Lipinski definition) is 5. The molecule has 8 heteroatoms. The highest BCUT2D eigenvalue weighted by Gasteiger charge is 2.48. The molecule has 0 bridgehead atoms. The summed E-state index contributed by atoms with van der Waals surface area (Å²) >= 11 is 4.84. The summed E-state index contributed by atoms with van der Waals surface area (Å²) in [6.45, 7) is 2.56. The molecular formula is C8H11N3O4S. The van der Waals surface area contributed by atoms with Gasteiger partial charge in [0.15, 0.2) is 5.78 Å². The predicted molar refractivity (Wildman–Crippen MR) is 57.9 cm³/mol. The minimum absolute atomic E-state index is 0.0712. The van der Waals surface area contributed by atoms with Gasteiger partial charge in [0, 0.05) is 0 Å². The molecule has 0 aromatic rings. The monoisotopic (exact) mass is 245 g/mol. The number of urea groups is 1. The maximum atomic E-state index is 11.5. The lowest BCUT2D eigenvalue weighted by atomic mass is 10.1. The Morgan fingerprint density at radius 3 is 2.44 bits per heavy atom. The maximum absolute atomic E-state index is 11.5. The average Bonchev–Trinajstić information content (AvgIpc) is 2.42. The van der Waals surface area contributed by atoms with Crippen LogP contribution >= 0.6 is 12.2 Å². The van der Waals surface area contributed by atoms with Gasteiger partial charge in [-0.15, -0.1) is 0 Å². The topological polar surface area (TPSA) is 108 Å². The lowest BCUT2D eigenvalue weighted by Crippen LogP contribution is -2.66. The third-order valence-corrected chi connectivity index (χ3v) is 2.61. The molecule has 1 fully saturated rings. The van der Waals surface area contributed by atoms with Crippen molar-refractivity contribution in [2.75, 3.05) is 0 Å². The van der Waals surface area contributed by atoms with Crippen molar-refractivity contribution in [1.82, 2.24) is 16.0 Å². The number of hydrogen-bond donors (Lipinski definition) is 4. The normalized spacial score (nSPS) is 25.9. The van der Waals surface area contributed by atoms with E-state index in [-0.39, 0.29) is 4.99 Å². The van der Waals surface area contributed by atoms with Gasteiger partial charge in [0.2, 0.25) is 5.66 Å².